The summed E-state index contributed by atoms with van der Waals surface area (Å²) in [5, 5.41) is 0.947. The first-order valence-electron chi connectivity index (χ1n) is 11.1. The number of hydrogen-bond donors (Lipinski definition) is 0. The first-order chi connectivity index (χ1) is 16.1. The molecule has 4 aromatic rings. The van der Waals surface area contributed by atoms with E-state index in [0.29, 0.717) is 31.9 Å². The quantitative estimate of drug-likeness (QED) is 0.397. The monoisotopic (exact) mass is 450 g/mol. The lowest BCUT2D eigenvalue weighted by atomic mass is 10.1. The largest absolute Gasteiger partial charge is 0.491 e. The highest BCUT2D eigenvalue weighted by Gasteiger charge is 2.29. The fourth-order valence-electron chi connectivity index (χ4n) is 4.17. The number of rotatable bonds is 7. The Hall–Kier alpha value is -3.23. The van der Waals surface area contributed by atoms with Crippen LogP contribution in [0.25, 0.3) is 27.9 Å². The first kappa shape index (κ1) is 21.6. The Bertz CT molecular complexity index is 1260. The fourth-order valence-corrected chi connectivity index (χ4v) is 4.17. The highest BCUT2D eigenvalue weighted by atomic mass is 19.1. The van der Waals surface area contributed by atoms with E-state index in [1.807, 2.05) is 65.0 Å². The number of ether oxygens (including phenoxy) is 3. The van der Waals surface area contributed by atoms with Crippen molar-refractivity contribution in [3.63, 3.8) is 0 Å². The molecule has 8 heteroatoms. The van der Waals surface area contributed by atoms with Gasteiger partial charge in [-0.3, -0.25) is 4.40 Å². The van der Waals surface area contributed by atoms with Gasteiger partial charge in [0.05, 0.1) is 24.2 Å². The van der Waals surface area contributed by atoms with Crippen LogP contribution in [0.4, 0.5) is 4.39 Å². The van der Waals surface area contributed by atoms with Crippen molar-refractivity contribution in [2.24, 2.45) is 0 Å². The summed E-state index contributed by atoms with van der Waals surface area (Å²) < 4.78 is 33.4. The van der Waals surface area contributed by atoms with E-state index in [9.17, 15) is 4.39 Å². The van der Waals surface area contributed by atoms with Gasteiger partial charge >= 0.3 is 0 Å². The Morgan fingerprint density at radius 2 is 2.06 bits per heavy atom. The highest BCUT2D eigenvalue weighted by Crippen LogP contribution is 2.30. The minimum absolute atomic E-state index is 0.382. The Balaban J connectivity index is 1.45. The second-order valence-electron chi connectivity index (χ2n) is 8.32. The molecule has 172 valence electrons. The van der Waals surface area contributed by atoms with Gasteiger partial charge in [-0.05, 0) is 31.7 Å². The van der Waals surface area contributed by atoms with Crippen LogP contribution in [0, 0.1) is 0 Å². The molecule has 1 aliphatic rings. The van der Waals surface area contributed by atoms with Gasteiger partial charge in [-0.25, -0.2) is 14.4 Å². The maximum Gasteiger partial charge on any atom is 0.149 e. The zero-order chi connectivity index (χ0) is 22.8. The van der Waals surface area contributed by atoms with E-state index in [-0.39, 0.29) is 0 Å². The van der Waals surface area contributed by atoms with Crippen LogP contribution in [-0.2, 0) is 4.74 Å². The summed E-state index contributed by atoms with van der Waals surface area (Å²) in [5.41, 5.74) is 3.10. The molecule has 1 aromatic carbocycles. The molecule has 0 saturated carbocycles. The van der Waals surface area contributed by atoms with E-state index in [0.717, 1.165) is 40.2 Å². The standard InChI is InChI=1S/C25H27FN4O3/c1-29-10-9-22(19(26)16-29)33-23-5-3-4-17-6-7-20(28-25(17)23)21-15-27-24-14-18(8-11-30(21)24)32-13-12-31-2/h3-8,11,14-15,19,22H,9-10,12-13,16H2,1-2H3. The van der Waals surface area contributed by atoms with Gasteiger partial charge in [0.25, 0.3) is 0 Å². The maximum atomic E-state index is 14.6. The van der Waals surface area contributed by atoms with Crippen molar-refractivity contribution >= 4 is 16.6 Å². The molecule has 0 spiro atoms. The third-order valence-corrected chi connectivity index (χ3v) is 5.95. The zero-order valence-corrected chi connectivity index (χ0v) is 18.8. The molecule has 3 aromatic heterocycles. The van der Waals surface area contributed by atoms with Crippen molar-refractivity contribution in [3.05, 3.63) is 54.9 Å². The predicted octanol–water partition coefficient (Wildman–Crippen LogP) is 4.00. The van der Waals surface area contributed by atoms with Gasteiger partial charge in [0.15, 0.2) is 0 Å². The number of para-hydroxylation sites is 1. The van der Waals surface area contributed by atoms with Crippen LogP contribution in [0.15, 0.2) is 54.9 Å². The molecule has 33 heavy (non-hydrogen) atoms. The van der Waals surface area contributed by atoms with E-state index in [2.05, 4.69) is 4.98 Å². The van der Waals surface area contributed by atoms with Gasteiger partial charge in [0.2, 0.25) is 0 Å². The summed E-state index contributed by atoms with van der Waals surface area (Å²) in [6.07, 6.45) is 2.86. The summed E-state index contributed by atoms with van der Waals surface area (Å²) in [4.78, 5) is 11.4. The summed E-state index contributed by atoms with van der Waals surface area (Å²) in [6.45, 7) is 2.20. The molecule has 1 saturated heterocycles. The number of nitrogens with zero attached hydrogens (tertiary/aromatic N) is 4. The van der Waals surface area contributed by atoms with Crippen LogP contribution < -0.4 is 9.47 Å². The number of piperidine rings is 1. The second-order valence-corrected chi connectivity index (χ2v) is 8.32. The highest BCUT2D eigenvalue weighted by molar-refractivity contribution is 5.86. The molecule has 0 bridgehead atoms. The molecule has 0 N–H and O–H groups in total. The van der Waals surface area contributed by atoms with E-state index in [1.54, 1.807) is 13.3 Å². The summed E-state index contributed by atoms with van der Waals surface area (Å²) in [5.74, 6) is 1.34. The minimum Gasteiger partial charge on any atom is -0.491 e. The lowest BCUT2D eigenvalue weighted by Gasteiger charge is -2.32. The Labute approximate surface area is 191 Å². The van der Waals surface area contributed by atoms with Crippen LogP contribution in [0.3, 0.4) is 0 Å². The zero-order valence-electron chi connectivity index (χ0n) is 18.8. The smallest absolute Gasteiger partial charge is 0.149 e. The van der Waals surface area contributed by atoms with Gasteiger partial charge in [0, 0.05) is 37.8 Å². The van der Waals surface area contributed by atoms with E-state index >= 15 is 0 Å². The number of hydrogen-bond acceptors (Lipinski definition) is 6. The van der Waals surface area contributed by atoms with Gasteiger partial charge < -0.3 is 19.1 Å². The molecular formula is C25H27FN4O3. The Kier molecular flexibility index (Phi) is 6.11. The molecule has 7 nitrogen and oxygen atoms in total. The molecule has 0 aliphatic carbocycles. The van der Waals surface area contributed by atoms with Crippen molar-refractivity contribution in [1.29, 1.82) is 0 Å². The molecule has 0 radical (unpaired) electrons. The van der Waals surface area contributed by atoms with E-state index in [1.165, 1.54) is 0 Å². The van der Waals surface area contributed by atoms with Crippen molar-refractivity contribution < 1.29 is 18.6 Å². The van der Waals surface area contributed by atoms with Crippen LogP contribution in [0.1, 0.15) is 6.42 Å². The minimum atomic E-state index is -1.03. The molecule has 0 amide bonds. The molecule has 2 unspecified atom stereocenters. The first-order valence-corrected chi connectivity index (χ1v) is 11.1. The van der Waals surface area contributed by atoms with Crippen LogP contribution in [-0.4, -0.2) is 72.0 Å². The predicted molar refractivity (Wildman–Crippen MR) is 125 cm³/mol. The van der Waals surface area contributed by atoms with Crippen molar-refractivity contribution in [2.75, 3.05) is 40.5 Å². The van der Waals surface area contributed by atoms with Gasteiger partial charge in [-0.2, -0.15) is 0 Å². The molecular weight excluding hydrogens is 423 g/mol. The number of fused-ring (bicyclic) bond motifs is 2. The van der Waals surface area contributed by atoms with E-state index in [4.69, 9.17) is 19.2 Å². The van der Waals surface area contributed by atoms with E-state index < -0.39 is 12.3 Å². The Morgan fingerprint density at radius 1 is 1.15 bits per heavy atom. The average Bonchev–Trinajstić information content (AvgIpc) is 3.24. The third-order valence-electron chi connectivity index (χ3n) is 5.95. The fraction of sp³-hybridized carbons (Fsp3) is 0.360. The Morgan fingerprint density at radius 3 is 2.91 bits per heavy atom. The molecule has 1 aliphatic heterocycles. The summed E-state index contributed by atoms with van der Waals surface area (Å²) in [6, 6.07) is 13.5. The van der Waals surface area contributed by atoms with Crippen LogP contribution >= 0.6 is 0 Å². The maximum absolute atomic E-state index is 14.6. The number of aromatic nitrogens is 3. The number of methoxy groups -OCH3 is 1. The van der Waals surface area contributed by atoms with Gasteiger partial charge in [0.1, 0.15) is 41.5 Å². The summed E-state index contributed by atoms with van der Waals surface area (Å²) in [7, 11) is 3.57. The van der Waals surface area contributed by atoms with Crippen molar-refractivity contribution in [2.45, 2.75) is 18.7 Å². The molecule has 4 heterocycles. The molecule has 1 fully saturated rings. The number of imidazole rings is 1. The molecule has 5 rings (SSSR count). The number of halogens is 1. The van der Waals surface area contributed by atoms with Crippen LogP contribution in [0.5, 0.6) is 11.5 Å². The SMILES string of the molecule is COCCOc1ccn2c(-c3ccc4cccc(OC5CCN(C)CC5F)c4n3)cnc2c1. The number of pyridine rings is 2. The van der Waals surface area contributed by atoms with Crippen molar-refractivity contribution in [3.8, 4) is 22.9 Å². The second kappa shape index (κ2) is 9.33. The number of alkyl halides is 1. The topological polar surface area (TPSA) is 61.1 Å². The molecule has 2 atom stereocenters. The lowest BCUT2D eigenvalue weighted by molar-refractivity contribution is 0.0321. The number of likely N-dealkylation sites (tertiary alicyclic amines) is 1. The normalized spacial score (nSPS) is 19.2. The van der Waals surface area contributed by atoms with Gasteiger partial charge in [-0.15, -0.1) is 0 Å². The lowest BCUT2D eigenvalue weighted by Crippen LogP contribution is -2.45. The van der Waals surface area contributed by atoms with Crippen molar-refractivity contribution in [1.82, 2.24) is 19.3 Å². The summed E-state index contributed by atoms with van der Waals surface area (Å²) >= 11 is 0. The van der Waals surface area contributed by atoms with Gasteiger partial charge in [-0.1, -0.05) is 18.2 Å². The number of benzene rings is 1. The van der Waals surface area contributed by atoms with Crippen LogP contribution in [0.2, 0.25) is 0 Å². The average molecular weight is 451 g/mol. The third kappa shape index (κ3) is 4.49.